The molecule has 1 fully saturated rings. The summed E-state index contributed by atoms with van der Waals surface area (Å²) in [5, 5.41) is 0. The molecule has 1 saturated heterocycles. The van der Waals surface area contributed by atoms with Gasteiger partial charge in [0.1, 0.15) is 5.82 Å². The number of halogens is 2. The Morgan fingerprint density at radius 2 is 2.21 bits per heavy atom. The fourth-order valence-corrected chi connectivity index (χ4v) is 3.49. The minimum atomic E-state index is -0.204. The molecule has 1 aromatic rings. The Morgan fingerprint density at radius 3 is 2.84 bits per heavy atom. The van der Waals surface area contributed by atoms with E-state index in [1.807, 2.05) is 12.1 Å². The molecule has 106 valence electrons. The lowest BCUT2D eigenvalue weighted by Crippen LogP contribution is -2.35. The van der Waals surface area contributed by atoms with Gasteiger partial charge in [-0.2, -0.15) is 0 Å². The van der Waals surface area contributed by atoms with Gasteiger partial charge in [0.25, 0.3) is 0 Å². The van der Waals surface area contributed by atoms with Crippen LogP contribution in [-0.2, 0) is 0 Å². The van der Waals surface area contributed by atoms with Crippen LogP contribution in [0.5, 0.6) is 0 Å². The van der Waals surface area contributed by atoms with Crippen LogP contribution in [0.25, 0.3) is 0 Å². The van der Waals surface area contributed by atoms with Crippen molar-refractivity contribution in [2.45, 2.75) is 32.2 Å². The van der Waals surface area contributed by atoms with E-state index in [0.717, 1.165) is 19.5 Å². The maximum atomic E-state index is 13.4. The molecule has 1 aliphatic rings. The second-order valence-electron chi connectivity index (χ2n) is 5.24. The van der Waals surface area contributed by atoms with Crippen LogP contribution in [-0.4, -0.2) is 24.5 Å². The molecule has 1 aliphatic heterocycles. The molecular weight excluding hydrogens is 307 g/mol. The Bertz CT molecular complexity index is 411. The van der Waals surface area contributed by atoms with E-state index in [9.17, 15) is 4.39 Å². The number of benzene rings is 1. The Kier molecular flexibility index (Phi) is 5.37. The third kappa shape index (κ3) is 3.36. The molecule has 2 rings (SSSR count). The summed E-state index contributed by atoms with van der Waals surface area (Å²) in [6.07, 6.45) is 3.62. The van der Waals surface area contributed by atoms with Gasteiger partial charge in [0.2, 0.25) is 0 Å². The number of likely N-dealkylation sites (tertiary alicyclic amines) is 1. The lowest BCUT2D eigenvalue weighted by molar-refractivity contribution is 0.166. The van der Waals surface area contributed by atoms with Gasteiger partial charge in [0.15, 0.2) is 0 Å². The quantitative estimate of drug-likeness (QED) is 0.916. The summed E-state index contributed by atoms with van der Waals surface area (Å²) in [6.45, 7) is 4.99. The standard InChI is InChI=1S/C15H22BrFN2/c1-2-19-8-4-3-5-12(10-18)15(19)11-6-7-14(17)13(16)9-11/h6-7,9,12,15H,2-5,8,10,18H2,1H3. The van der Waals surface area contributed by atoms with E-state index in [2.05, 4.69) is 27.8 Å². The van der Waals surface area contributed by atoms with Crippen LogP contribution in [0.4, 0.5) is 4.39 Å². The van der Waals surface area contributed by atoms with Crippen LogP contribution in [0.15, 0.2) is 22.7 Å². The molecule has 0 amide bonds. The highest BCUT2D eigenvalue weighted by Gasteiger charge is 2.29. The Hall–Kier alpha value is -0.450. The van der Waals surface area contributed by atoms with Crippen LogP contribution >= 0.6 is 15.9 Å². The van der Waals surface area contributed by atoms with E-state index in [1.54, 1.807) is 6.07 Å². The van der Waals surface area contributed by atoms with Gasteiger partial charge >= 0.3 is 0 Å². The smallest absolute Gasteiger partial charge is 0.137 e. The maximum absolute atomic E-state index is 13.4. The molecule has 0 saturated carbocycles. The van der Waals surface area contributed by atoms with E-state index in [0.29, 0.717) is 23.0 Å². The fourth-order valence-electron chi connectivity index (χ4n) is 3.10. The van der Waals surface area contributed by atoms with Gasteiger partial charge in [-0.3, -0.25) is 4.90 Å². The molecule has 2 unspecified atom stereocenters. The maximum Gasteiger partial charge on any atom is 0.137 e. The van der Waals surface area contributed by atoms with Crippen molar-refractivity contribution in [3.05, 3.63) is 34.1 Å². The Balaban J connectivity index is 2.36. The second kappa shape index (κ2) is 6.82. The molecule has 19 heavy (non-hydrogen) atoms. The SMILES string of the molecule is CCN1CCCCC(CN)C1c1ccc(F)c(Br)c1. The predicted octanol–water partition coefficient (Wildman–Crippen LogP) is 3.71. The van der Waals surface area contributed by atoms with Gasteiger partial charge < -0.3 is 5.73 Å². The van der Waals surface area contributed by atoms with E-state index in [1.165, 1.54) is 18.4 Å². The normalized spacial score (nSPS) is 25.3. The molecule has 2 N–H and O–H groups in total. The molecule has 2 nitrogen and oxygen atoms in total. The van der Waals surface area contributed by atoms with Crippen LogP contribution < -0.4 is 5.73 Å². The van der Waals surface area contributed by atoms with Gasteiger partial charge in [-0.05, 0) is 72.0 Å². The van der Waals surface area contributed by atoms with Gasteiger partial charge in [0.05, 0.1) is 4.47 Å². The highest BCUT2D eigenvalue weighted by atomic mass is 79.9. The van der Waals surface area contributed by atoms with Crippen molar-refractivity contribution in [1.82, 2.24) is 4.90 Å². The lowest BCUT2D eigenvalue weighted by Gasteiger charge is -2.34. The summed E-state index contributed by atoms with van der Waals surface area (Å²) in [5.41, 5.74) is 7.15. The van der Waals surface area contributed by atoms with Gasteiger partial charge in [-0.25, -0.2) is 4.39 Å². The summed E-state index contributed by atoms with van der Waals surface area (Å²) >= 11 is 3.29. The number of nitrogens with two attached hydrogens (primary N) is 1. The zero-order chi connectivity index (χ0) is 13.8. The minimum absolute atomic E-state index is 0.204. The van der Waals surface area contributed by atoms with Crippen molar-refractivity contribution in [3.63, 3.8) is 0 Å². The van der Waals surface area contributed by atoms with Crippen LogP contribution in [0.1, 0.15) is 37.8 Å². The fraction of sp³-hybridized carbons (Fsp3) is 0.600. The highest BCUT2D eigenvalue weighted by molar-refractivity contribution is 9.10. The summed E-state index contributed by atoms with van der Waals surface area (Å²) < 4.78 is 14.0. The number of nitrogens with zero attached hydrogens (tertiary/aromatic N) is 1. The average molecular weight is 329 g/mol. The molecule has 4 heteroatoms. The summed E-state index contributed by atoms with van der Waals surface area (Å²) in [4.78, 5) is 2.48. The third-order valence-electron chi connectivity index (χ3n) is 4.10. The molecule has 0 aliphatic carbocycles. The van der Waals surface area contributed by atoms with Crippen molar-refractivity contribution in [1.29, 1.82) is 0 Å². The molecule has 0 aromatic heterocycles. The first-order chi connectivity index (χ1) is 9.17. The zero-order valence-corrected chi connectivity index (χ0v) is 13.0. The molecule has 1 heterocycles. The van der Waals surface area contributed by atoms with Crippen molar-refractivity contribution < 1.29 is 4.39 Å². The molecule has 0 spiro atoms. The lowest BCUT2D eigenvalue weighted by atomic mass is 9.89. The topological polar surface area (TPSA) is 29.3 Å². The minimum Gasteiger partial charge on any atom is -0.330 e. The van der Waals surface area contributed by atoms with Crippen molar-refractivity contribution in [3.8, 4) is 0 Å². The van der Waals surface area contributed by atoms with Gasteiger partial charge in [0, 0.05) is 6.04 Å². The Morgan fingerprint density at radius 1 is 1.42 bits per heavy atom. The summed E-state index contributed by atoms with van der Waals surface area (Å²) in [6, 6.07) is 5.68. The average Bonchev–Trinajstić information content (AvgIpc) is 2.63. The predicted molar refractivity (Wildman–Crippen MR) is 80.5 cm³/mol. The van der Waals surface area contributed by atoms with E-state index < -0.39 is 0 Å². The second-order valence-corrected chi connectivity index (χ2v) is 6.09. The van der Waals surface area contributed by atoms with Crippen molar-refractivity contribution >= 4 is 15.9 Å². The Labute approximate surface area is 123 Å². The molecule has 1 aromatic carbocycles. The third-order valence-corrected chi connectivity index (χ3v) is 4.71. The van der Waals surface area contributed by atoms with Crippen LogP contribution in [0, 0.1) is 11.7 Å². The number of hydrogen-bond acceptors (Lipinski definition) is 2. The highest BCUT2D eigenvalue weighted by Crippen LogP contribution is 2.35. The summed E-state index contributed by atoms with van der Waals surface area (Å²) in [5.74, 6) is 0.254. The molecule has 0 radical (unpaired) electrons. The first-order valence-corrected chi connectivity index (χ1v) is 7.85. The molecular formula is C15H22BrFN2. The van der Waals surface area contributed by atoms with Crippen LogP contribution in [0.3, 0.4) is 0 Å². The molecule has 0 bridgehead atoms. The van der Waals surface area contributed by atoms with Crippen molar-refractivity contribution in [2.75, 3.05) is 19.6 Å². The van der Waals surface area contributed by atoms with Gasteiger partial charge in [-0.1, -0.05) is 19.4 Å². The van der Waals surface area contributed by atoms with Gasteiger partial charge in [-0.15, -0.1) is 0 Å². The van der Waals surface area contributed by atoms with E-state index >= 15 is 0 Å². The van der Waals surface area contributed by atoms with Crippen LogP contribution in [0.2, 0.25) is 0 Å². The first-order valence-electron chi connectivity index (χ1n) is 7.06. The van der Waals surface area contributed by atoms with E-state index in [4.69, 9.17) is 5.73 Å². The number of hydrogen-bond donors (Lipinski definition) is 1. The molecule has 2 atom stereocenters. The zero-order valence-electron chi connectivity index (χ0n) is 11.4. The first kappa shape index (κ1) is 14.9. The summed E-state index contributed by atoms with van der Waals surface area (Å²) in [7, 11) is 0. The number of rotatable bonds is 3. The largest absolute Gasteiger partial charge is 0.330 e. The monoisotopic (exact) mass is 328 g/mol. The van der Waals surface area contributed by atoms with E-state index in [-0.39, 0.29) is 5.82 Å². The van der Waals surface area contributed by atoms with Crippen molar-refractivity contribution in [2.24, 2.45) is 11.7 Å².